The first-order valence-corrected chi connectivity index (χ1v) is 4.65. The molecule has 0 radical (unpaired) electrons. The zero-order valence-electron chi connectivity index (χ0n) is 8.28. The van der Waals surface area contributed by atoms with E-state index in [4.69, 9.17) is 9.57 Å². The fourth-order valence-electron chi connectivity index (χ4n) is 1.50. The van der Waals surface area contributed by atoms with E-state index in [9.17, 15) is 4.79 Å². The molecule has 0 bridgehead atoms. The van der Waals surface area contributed by atoms with Crippen LogP contribution in [0.1, 0.15) is 19.3 Å². The molecule has 0 aromatic heterocycles. The van der Waals surface area contributed by atoms with Gasteiger partial charge < -0.3 is 4.74 Å². The summed E-state index contributed by atoms with van der Waals surface area (Å²) < 4.78 is 5.28. The van der Waals surface area contributed by atoms with Gasteiger partial charge in [-0.2, -0.15) is 0 Å². The number of hydrogen-bond donors (Lipinski definition) is 0. The smallest absolute Gasteiger partial charge is 0.249 e. The molecule has 0 spiro atoms. The number of nitrogens with zero attached hydrogens (tertiary/aromatic N) is 1. The van der Waals surface area contributed by atoms with Gasteiger partial charge in [0.15, 0.2) is 0 Å². The Kier molecular flexibility index (Phi) is 4.18. The van der Waals surface area contributed by atoms with Crippen LogP contribution < -0.4 is 0 Å². The van der Waals surface area contributed by atoms with Crippen LogP contribution in [0.15, 0.2) is 0 Å². The molecule has 0 aromatic rings. The second-order valence-corrected chi connectivity index (χ2v) is 3.26. The molecule has 4 heteroatoms. The predicted molar refractivity (Wildman–Crippen MR) is 47.9 cm³/mol. The van der Waals surface area contributed by atoms with Crippen molar-refractivity contribution >= 4 is 5.91 Å². The molecule has 0 aromatic carbocycles. The Morgan fingerprint density at radius 2 is 2.23 bits per heavy atom. The molecule has 1 heterocycles. The Labute approximate surface area is 78.8 Å². The average Bonchev–Trinajstić information content (AvgIpc) is 2.43. The van der Waals surface area contributed by atoms with Crippen molar-refractivity contribution in [3.63, 3.8) is 0 Å². The first-order valence-electron chi connectivity index (χ1n) is 4.65. The van der Waals surface area contributed by atoms with Crippen LogP contribution in [0.25, 0.3) is 0 Å². The Bertz CT molecular complexity index is 164. The molecule has 1 saturated heterocycles. The third kappa shape index (κ3) is 2.97. The zero-order valence-corrected chi connectivity index (χ0v) is 8.28. The summed E-state index contributed by atoms with van der Waals surface area (Å²) >= 11 is 0. The van der Waals surface area contributed by atoms with E-state index in [0.717, 1.165) is 25.9 Å². The minimum absolute atomic E-state index is 0.0630. The van der Waals surface area contributed by atoms with E-state index < -0.39 is 0 Å². The lowest BCUT2D eigenvalue weighted by molar-refractivity contribution is -0.173. The van der Waals surface area contributed by atoms with Crippen LogP contribution in [0.2, 0.25) is 0 Å². The zero-order chi connectivity index (χ0) is 9.68. The summed E-state index contributed by atoms with van der Waals surface area (Å²) in [5.74, 6) is 0.139. The van der Waals surface area contributed by atoms with Crippen LogP contribution in [0.3, 0.4) is 0 Å². The second-order valence-electron chi connectivity index (χ2n) is 3.26. The highest BCUT2D eigenvalue weighted by atomic mass is 16.7. The van der Waals surface area contributed by atoms with Crippen molar-refractivity contribution in [1.82, 2.24) is 5.06 Å². The predicted octanol–water partition coefficient (Wildman–Crippen LogP) is 0.823. The maximum Gasteiger partial charge on any atom is 0.249 e. The molecule has 0 unspecified atom stereocenters. The number of amides is 1. The Morgan fingerprint density at radius 3 is 2.92 bits per heavy atom. The van der Waals surface area contributed by atoms with Gasteiger partial charge in [0.25, 0.3) is 0 Å². The lowest BCUT2D eigenvalue weighted by Gasteiger charge is -2.19. The van der Waals surface area contributed by atoms with Crippen molar-refractivity contribution < 1.29 is 14.4 Å². The van der Waals surface area contributed by atoms with E-state index in [2.05, 4.69) is 0 Å². The molecule has 1 rings (SSSR count). The Balaban J connectivity index is 2.43. The molecule has 76 valence electrons. The highest BCUT2D eigenvalue weighted by molar-refractivity contribution is 5.77. The number of carbonyl (C=O) groups excluding carboxylic acids is 1. The summed E-state index contributed by atoms with van der Waals surface area (Å²) in [5, 5.41) is 1.30. The van der Waals surface area contributed by atoms with Crippen molar-refractivity contribution in [3.05, 3.63) is 0 Å². The van der Waals surface area contributed by atoms with E-state index in [0.29, 0.717) is 6.61 Å². The van der Waals surface area contributed by atoms with Gasteiger partial charge in [-0.05, 0) is 19.3 Å². The molecule has 0 saturated carbocycles. The van der Waals surface area contributed by atoms with Crippen molar-refractivity contribution in [3.8, 4) is 0 Å². The standard InChI is InChI=1S/C9H17NO3/c1-10(12-2)9(11)8-4-3-6-13-7-5-8/h8H,3-7H2,1-2H3/t8-/m1/s1. The van der Waals surface area contributed by atoms with E-state index in [1.54, 1.807) is 7.05 Å². The molecule has 1 aliphatic heterocycles. The third-order valence-corrected chi connectivity index (χ3v) is 2.39. The monoisotopic (exact) mass is 187 g/mol. The number of ether oxygens (including phenoxy) is 1. The van der Waals surface area contributed by atoms with Crippen molar-refractivity contribution in [2.75, 3.05) is 27.4 Å². The van der Waals surface area contributed by atoms with Crippen molar-refractivity contribution in [2.24, 2.45) is 5.92 Å². The van der Waals surface area contributed by atoms with Gasteiger partial charge in [-0.3, -0.25) is 9.63 Å². The van der Waals surface area contributed by atoms with Crippen LogP contribution in [0.4, 0.5) is 0 Å². The van der Waals surface area contributed by atoms with Crippen LogP contribution in [-0.4, -0.2) is 38.3 Å². The molecular weight excluding hydrogens is 170 g/mol. The van der Waals surface area contributed by atoms with E-state index in [-0.39, 0.29) is 11.8 Å². The number of rotatable bonds is 2. The maximum atomic E-state index is 11.6. The molecular formula is C9H17NO3. The number of hydroxylamine groups is 2. The normalized spacial score (nSPS) is 23.7. The molecule has 1 atom stereocenters. The first-order chi connectivity index (χ1) is 6.25. The Morgan fingerprint density at radius 1 is 1.46 bits per heavy atom. The molecule has 1 aliphatic rings. The van der Waals surface area contributed by atoms with Crippen LogP contribution in [-0.2, 0) is 14.4 Å². The van der Waals surface area contributed by atoms with Gasteiger partial charge in [-0.15, -0.1) is 0 Å². The second kappa shape index (κ2) is 5.19. The van der Waals surface area contributed by atoms with Crippen molar-refractivity contribution in [2.45, 2.75) is 19.3 Å². The minimum atomic E-state index is 0.0630. The summed E-state index contributed by atoms with van der Waals surface area (Å²) in [6.07, 6.45) is 2.69. The highest BCUT2D eigenvalue weighted by Crippen LogP contribution is 2.17. The molecule has 1 amide bonds. The summed E-state index contributed by atoms with van der Waals surface area (Å²) in [6.45, 7) is 1.47. The summed E-state index contributed by atoms with van der Waals surface area (Å²) in [4.78, 5) is 16.5. The van der Waals surface area contributed by atoms with Crippen LogP contribution in [0.5, 0.6) is 0 Å². The molecule has 13 heavy (non-hydrogen) atoms. The SMILES string of the molecule is CON(C)C(=O)[C@@H]1CCCOCC1. The highest BCUT2D eigenvalue weighted by Gasteiger charge is 2.23. The van der Waals surface area contributed by atoms with Gasteiger partial charge in [0.05, 0.1) is 7.11 Å². The quantitative estimate of drug-likeness (QED) is 0.601. The first kappa shape index (κ1) is 10.5. The summed E-state index contributed by atoms with van der Waals surface area (Å²) in [6, 6.07) is 0. The number of hydrogen-bond acceptors (Lipinski definition) is 3. The third-order valence-electron chi connectivity index (χ3n) is 2.39. The van der Waals surface area contributed by atoms with Crippen molar-refractivity contribution in [1.29, 1.82) is 0 Å². The van der Waals surface area contributed by atoms with Crippen LogP contribution >= 0.6 is 0 Å². The summed E-state index contributed by atoms with van der Waals surface area (Å²) in [7, 11) is 3.15. The summed E-state index contributed by atoms with van der Waals surface area (Å²) in [5.41, 5.74) is 0. The fourth-order valence-corrected chi connectivity index (χ4v) is 1.50. The molecule has 0 aliphatic carbocycles. The molecule has 4 nitrogen and oxygen atoms in total. The number of carbonyl (C=O) groups is 1. The lowest BCUT2D eigenvalue weighted by Crippen LogP contribution is -2.32. The van der Waals surface area contributed by atoms with Gasteiger partial charge in [0.1, 0.15) is 0 Å². The fraction of sp³-hybridized carbons (Fsp3) is 0.889. The van der Waals surface area contributed by atoms with E-state index in [1.165, 1.54) is 12.2 Å². The molecule has 1 fully saturated rings. The lowest BCUT2D eigenvalue weighted by atomic mass is 10.00. The van der Waals surface area contributed by atoms with E-state index in [1.807, 2.05) is 0 Å². The van der Waals surface area contributed by atoms with Gasteiger partial charge in [0.2, 0.25) is 5.91 Å². The topological polar surface area (TPSA) is 38.8 Å². The Hall–Kier alpha value is -0.610. The molecule has 0 N–H and O–H groups in total. The van der Waals surface area contributed by atoms with Gasteiger partial charge in [-0.25, -0.2) is 5.06 Å². The maximum absolute atomic E-state index is 11.6. The largest absolute Gasteiger partial charge is 0.381 e. The van der Waals surface area contributed by atoms with Gasteiger partial charge in [-0.1, -0.05) is 0 Å². The van der Waals surface area contributed by atoms with E-state index >= 15 is 0 Å². The van der Waals surface area contributed by atoms with Gasteiger partial charge in [0, 0.05) is 26.2 Å². The van der Waals surface area contributed by atoms with Crippen LogP contribution in [0, 0.1) is 5.92 Å². The average molecular weight is 187 g/mol. The minimum Gasteiger partial charge on any atom is -0.381 e. The van der Waals surface area contributed by atoms with Gasteiger partial charge >= 0.3 is 0 Å².